The number of imidazole rings is 1. The van der Waals surface area contributed by atoms with Crippen LogP contribution in [0.5, 0.6) is 5.75 Å². The minimum Gasteiger partial charge on any atom is -0.494 e. The zero-order chi connectivity index (χ0) is 24.2. The van der Waals surface area contributed by atoms with E-state index in [1.54, 1.807) is 11.3 Å². The quantitative estimate of drug-likeness (QED) is 0.319. The summed E-state index contributed by atoms with van der Waals surface area (Å²) < 4.78 is 8.09. The van der Waals surface area contributed by atoms with Gasteiger partial charge in [0.2, 0.25) is 0 Å². The minimum absolute atomic E-state index is 0.450. The van der Waals surface area contributed by atoms with Crippen LogP contribution >= 0.6 is 11.3 Å². The zero-order valence-electron chi connectivity index (χ0n) is 20.8. The molecule has 1 aromatic carbocycles. The molecule has 0 bridgehead atoms. The molecule has 0 saturated carbocycles. The summed E-state index contributed by atoms with van der Waals surface area (Å²) >= 11 is 1.74. The third-order valence-corrected chi connectivity index (χ3v) is 7.57. The van der Waals surface area contributed by atoms with E-state index >= 15 is 0 Å². The molecule has 0 radical (unpaired) electrons. The fourth-order valence-corrected chi connectivity index (χ4v) is 5.63. The molecule has 5 rings (SSSR count). The second kappa shape index (κ2) is 10.7. The molecule has 0 atom stereocenters. The Hall–Kier alpha value is -2.97. The second-order valence-electron chi connectivity index (χ2n) is 9.40. The van der Waals surface area contributed by atoms with E-state index < -0.39 is 0 Å². The Bertz CT molecular complexity index is 1260. The van der Waals surface area contributed by atoms with Crippen molar-refractivity contribution >= 4 is 27.4 Å². The largest absolute Gasteiger partial charge is 0.494 e. The Morgan fingerprint density at radius 3 is 2.63 bits per heavy atom. The van der Waals surface area contributed by atoms with Gasteiger partial charge in [0.15, 0.2) is 0 Å². The number of hydrogen-bond donors (Lipinski definition) is 1. The summed E-state index contributed by atoms with van der Waals surface area (Å²) in [5, 5.41) is 4.87. The maximum Gasteiger partial charge on any atom is 0.138 e. The predicted molar refractivity (Wildman–Crippen MR) is 142 cm³/mol. The lowest BCUT2D eigenvalue weighted by Crippen LogP contribution is -2.38. The third kappa shape index (κ3) is 6.00. The Labute approximate surface area is 211 Å². The van der Waals surface area contributed by atoms with Crippen molar-refractivity contribution in [2.75, 3.05) is 25.0 Å². The topological polar surface area (TPSA) is 68.1 Å². The molecular formula is C27H34N6OS. The SMILES string of the molecule is Cc1nc(NC2CCN(Cc3ccc(OCCCn4ccnc4C)cc3)CC2)c2cc(C)sc2n1. The highest BCUT2D eigenvalue weighted by Crippen LogP contribution is 2.30. The van der Waals surface area contributed by atoms with Crippen LogP contribution in [0.25, 0.3) is 10.2 Å². The summed E-state index contributed by atoms with van der Waals surface area (Å²) in [6, 6.07) is 11.2. The van der Waals surface area contributed by atoms with E-state index in [2.05, 4.69) is 62.0 Å². The Balaban J connectivity index is 1.07. The molecule has 0 aliphatic carbocycles. The summed E-state index contributed by atoms with van der Waals surface area (Å²) in [5.41, 5.74) is 1.33. The number of benzene rings is 1. The molecule has 184 valence electrons. The number of aryl methyl sites for hydroxylation is 4. The van der Waals surface area contributed by atoms with E-state index in [9.17, 15) is 0 Å². The number of ether oxygens (including phenoxy) is 1. The zero-order valence-corrected chi connectivity index (χ0v) is 21.6. The molecule has 7 nitrogen and oxygen atoms in total. The predicted octanol–water partition coefficient (Wildman–Crippen LogP) is 5.36. The van der Waals surface area contributed by atoms with Crippen LogP contribution in [0.15, 0.2) is 42.7 Å². The highest BCUT2D eigenvalue weighted by molar-refractivity contribution is 7.18. The van der Waals surface area contributed by atoms with Gasteiger partial charge in [0.1, 0.15) is 28.0 Å². The first kappa shape index (κ1) is 23.8. The second-order valence-corrected chi connectivity index (χ2v) is 10.6. The van der Waals surface area contributed by atoms with E-state index in [-0.39, 0.29) is 0 Å². The smallest absolute Gasteiger partial charge is 0.138 e. The number of rotatable bonds is 9. The number of hydrogen-bond acceptors (Lipinski definition) is 7. The van der Waals surface area contributed by atoms with Crippen molar-refractivity contribution in [3.63, 3.8) is 0 Å². The van der Waals surface area contributed by atoms with Gasteiger partial charge in [-0.15, -0.1) is 11.3 Å². The molecule has 4 heterocycles. The molecule has 1 saturated heterocycles. The number of nitrogens with one attached hydrogen (secondary N) is 1. The summed E-state index contributed by atoms with van der Waals surface area (Å²) in [4.78, 5) is 18.5. The monoisotopic (exact) mass is 490 g/mol. The van der Waals surface area contributed by atoms with Gasteiger partial charge in [0, 0.05) is 49.5 Å². The van der Waals surface area contributed by atoms with E-state index in [0.717, 1.165) is 78.9 Å². The summed E-state index contributed by atoms with van der Waals surface area (Å²) in [6.45, 7) is 10.9. The molecule has 1 aliphatic heterocycles. The number of aromatic nitrogens is 4. The Morgan fingerprint density at radius 1 is 1.09 bits per heavy atom. The van der Waals surface area contributed by atoms with Gasteiger partial charge in [-0.3, -0.25) is 4.90 Å². The lowest BCUT2D eigenvalue weighted by Gasteiger charge is -2.32. The van der Waals surface area contributed by atoms with Crippen molar-refractivity contribution in [1.29, 1.82) is 0 Å². The van der Waals surface area contributed by atoms with Crippen LogP contribution in [0.4, 0.5) is 5.82 Å². The minimum atomic E-state index is 0.450. The molecule has 4 aromatic rings. The van der Waals surface area contributed by atoms with Gasteiger partial charge in [-0.1, -0.05) is 12.1 Å². The van der Waals surface area contributed by atoms with Crippen LogP contribution in [-0.2, 0) is 13.1 Å². The van der Waals surface area contributed by atoms with Crippen LogP contribution in [0, 0.1) is 20.8 Å². The summed E-state index contributed by atoms with van der Waals surface area (Å²) in [5.74, 6) is 3.81. The number of fused-ring (bicyclic) bond motifs is 1. The first-order valence-electron chi connectivity index (χ1n) is 12.5. The molecule has 0 amide bonds. The molecule has 0 spiro atoms. The average molecular weight is 491 g/mol. The third-order valence-electron chi connectivity index (χ3n) is 6.62. The van der Waals surface area contributed by atoms with E-state index in [4.69, 9.17) is 9.72 Å². The fourth-order valence-electron chi connectivity index (χ4n) is 4.70. The number of piperidine rings is 1. The van der Waals surface area contributed by atoms with Crippen molar-refractivity contribution in [2.45, 2.75) is 59.2 Å². The highest BCUT2D eigenvalue weighted by atomic mass is 32.1. The number of nitrogens with zero attached hydrogens (tertiary/aromatic N) is 5. The van der Waals surface area contributed by atoms with Crippen molar-refractivity contribution in [3.8, 4) is 5.75 Å². The molecule has 0 unspecified atom stereocenters. The number of thiophene rings is 1. The van der Waals surface area contributed by atoms with Gasteiger partial charge in [-0.05, 0) is 63.8 Å². The highest BCUT2D eigenvalue weighted by Gasteiger charge is 2.21. The molecular weight excluding hydrogens is 456 g/mol. The fraction of sp³-hybridized carbons (Fsp3) is 0.444. The summed E-state index contributed by atoms with van der Waals surface area (Å²) in [7, 11) is 0. The van der Waals surface area contributed by atoms with E-state index in [1.807, 2.05) is 26.2 Å². The van der Waals surface area contributed by atoms with Crippen LogP contribution in [-0.4, -0.2) is 50.2 Å². The average Bonchev–Trinajstić information content (AvgIpc) is 3.43. The van der Waals surface area contributed by atoms with Crippen molar-refractivity contribution < 1.29 is 4.74 Å². The maximum absolute atomic E-state index is 5.93. The van der Waals surface area contributed by atoms with Gasteiger partial charge < -0.3 is 14.6 Å². The molecule has 1 N–H and O–H groups in total. The standard InChI is InChI=1S/C27H34N6OS/c1-19-17-25-26(29-20(2)30-27(25)35-19)31-23-9-13-32(14-10-23)18-22-5-7-24(8-6-22)34-16-4-12-33-15-11-28-21(33)3/h5-8,11,15,17,23H,4,9-10,12-14,16,18H2,1-3H3,(H,29,30,31). The molecule has 1 aliphatic rings. The van der Waals surface area contributed by atoms with Crippen LogP contribution < -0.4 is 10.1 Å². The van der Waals surface area contributed by atoms with Gasteiger partial charge in [-0.2, -0.15) is 0 Å². The molecule has 1 fully saturated rings. The Morgan fingerprint density at radius 2 is 1.89 bits per heavy atom. The molecule has 8 heteroatoms. The first-order chi connectivity index (χ1) is 17.0. The van der Waals surface area contributed by atoms with Crippen molar-refractivity contribution in [2.24, 2.45) is 0 Å². The number of anilines is 1. The van der Waals surface area contributed by atoms with Gasteiger partial charge >= 0.3 is 0 Å². The van der Waals surface area contributed by atoms with E-state index in [0.29, 0.717) is 12.6 Å². The lowest BCUT2D eigenvalue weighted by molar-refractivity contribution is 0.211. The maximum atomic E-state index is 5.93. The normalized spacial score (nSPS) is 15.1. The van der Waals surface area contributed by atoms with Crippen LogP contribution in [0.3, 0.4) is 0 Å². The number of likely N-dealkylation sites (tertiary alicyclic amines) is 1. The van der Waals surface area contributed by atoms with E-state index in [1.165, 1.54) is 10.4 Å². The van der Waals surface area contributed by atoms with Crippen molar-refractivity contribution in [3.05, 3.63) is 64.8 Å². The van der Waals surface area contributed by atoms with Gasteiger partial charge in [0.25, 0.3) is 0 Å². The molecule has 3 aromatic heterocycles. The van der Waals surface area contributed by atoms with Crippen LogP contribution in [0.2, 0.25) is 0 Å². The van der Waals surface area contributed by atoms with Crippen LogP contribution in [0.1, 0.15) is 41.4 Å². The molecule has 35 heavy (non-hydrogen) atoms. The Kier molecular flexibility index (Phi) is 7.29. The van der Waals surface area contributed by atoms with Gasteiger partial charge in [-0.25, -0.2) is 15.0 Å². The van der Waals surface area contributed by atoms with Crippen molar-refractivity contribution in [1.82, 2.24) is 24.4 Å². The first-order valence-corrected chi connectivity index (χ1v) is 13.3. The lowest BCUT2D eigenvalue weighted by atomic mass is 10.0. The summed E-state index contributed by atoms with van der Waals surface area (Å²) in [6.07, 6.45) is 7.06. The van der Waals surface area contributed by atoms with Gasteiger partial charge in [0.05, 0.1) is 12.0 Å².